The predicted molar refractivity (Wildman–Crippen MR) is 111 cm³/mol. The summed E-state index contributed by atoms with van der Waals surface area (Å²) in [4.78, 5) is 26.0. The Bertz CT molecular complexity index is 1120. The Balaban J connectivity index is 1.90. The first kappa shape index (κ1) is 21.3. The maximum absolute atomic E-state index is 13.8. The summed E-state index contributed by atoms with van der Waals surface area (Å²) < 4.78 is 7.09. The third kappa shape index (κ3) is 3.19. The lowest BCUT2D eigenvalue weighted by atomic mass is 9.85. The van der Waals surface area contributed by atoms with E-state index in [1.54, 1.807) is 12.1 Å². The van der Waals surface area contributed by atoms with Crippen LogP contribution >= 0.6 is 0 Å². The largest absolute Gasteiger partial charge is 0.394 e. The smallest absolute Gasteiger partial charge is 0.241 e. The van der Waals surface area contributed by atoms with Crippen LogP contribution in [-0.4, -0.2) is 65.5 Å². The van der Waals surface area contributed by atoms with Crippen LogP contribution in [0, 0.1) is 0 Å². The Morgan fingerprint density at radius 2 is 1.87 bits per heavy atom. The van der Waals surface area contributed by atoms with E-state index in [1.807, 2.05) is 12.1 Å². The summed E-state index contributed by atoms with van der Waals surface area (Å²) >= 11 is 0. The van der Waals surface area contributed by atoms with Gasteiger partial charge in [-0.1, -0.05) is 45.0 Å². The van der Waals surface area contributed by atoms with Gasteiger partial charge in [0.15, 0.2) is 11.5 Å². The third-order valence-corrected chi connectivity index (χ3v) is 5.67. The third-order valence-electron chi connectivity index (χ3n) is 5.67. The number of aliphatic hydroxyl groups is 3. The fourth-order valence-corrected chi connectivity index (χ4v) is 3.87. The maximum atomic E-state index is 13.8. The molecule has 0 radical (unpaired) electrons. The van der Waals surface area contributed by atoms with Crippen LogP contribution in [0.15, 0.2) is 36.9 Å². The molecule has 5 N–H and O–H groups in total. The lowest BCUT2D eigenvalue weighted by Gasteiger charge is -2.32. The van der Waals surface area contributed by atoms with E-state index in [9.17, 15) is 20.1 Å². The molecular formula is C21H25N5O5. The number of aromatic nitrogens is 4. The van der Waals surface area contributed by atoms with E-state index >= 15 is 0 Å². The molecule has 0 saturated carbocycles. The first-order chi connectivity index (χ1) is 14.6. The number of Topliss-reactive ketones (excluding diaryl/α,β-unsaturated/α-hetero) is 1. The Morgan fingerprint density at radius 1 is 1.19 bits per heavy atom. The molecule has 1 aliphatic heterocycles. The molecule has 10 nitrogen and oxygen atoms in total. The number of ether oxygens (including phenoxy) is 1. The average Bonchev–Trinajstić information content (AvgIpc) is 3.28. The molecule has 1 aromatic carbocycles. The molecule has 0 aliphatic carbocycles. The van der Waals surface area contributed by atoms with Gasteiger partial charge in [-0.15, -0.1) is 0 Å². The highest BCUT2D eigenvalue weighted by Gasteiger charge is 2.60. The molecule has 31 heavy (non-hydrogen) atoms. The highest BCUT2D eigenvalue weighted by Crippen LogP contribution is 2.40. The second-order valence-corrected chi connectivity index (χ2v) is 8.67. The van der Waals surface area contributed by atoms with Gasteiger partial charge in [-0.25, -0.2) is 15.0 Å². The van der Waals surface area contributed by atoms with Crippen molar-refractivity contribution in [2.24, 2.45) is 0 Å². The number of nitrogens with two attached hydrogens (primary N) is 1. The van der Waals surface area contributed by atoms with E-state index in [0.29, 0.717) is 0 Å². The Kier molecular flexibility index (Phi) is 5.05. The molecule has 1 aliphatic rings. The summed E-state index contributed by atoms with van der Waals surface area (Å²) in [7, 11) is 0. The zero-order valence-corrected chi connectivity index (χ0v) is 17.4. The monoisotopic (exact) mass is 427 g/mol. The van der Waals surface area contributed by atoms with E-state index in [0.717, 1.165) is 5.56 Å². The zero-order chi connectivity index (χ0) is 22.6. The summed E-state index contributed by atoms with van der Waals surface area (Å²) in [6.07, 6.45) is -1.95. The number of aliphatic hydroxyl groups excluding tert-OH is 3. The van der Waals surface area contributed by atoms with Crippen LogP contribution in [0.3, 0.4) is 0 Å². The molecular weight excluding hydrogens is 402 g/mol. The van der Waals surface area contributed by atoms with E-state index in [-0.39, 0.29) is 28.0 Å². The van der Waals surface area contributed by atoms with Gasteiger partial charge in [-0.2, -0.15) is 0 Å². The second-order valence-electron chi connectivity index (χ2n) is 8.67. The fraction of sp³-hybridized carbons (Fsp3) is 0.429. The van der Waals surface area contributed by atoms with Crippen molar-refractivity contribution in [1.29, 1.82) is 0 Å². The highest BCUT2D eigenvalue weighted by molar-refractivity contribution is 6.02. The standard InChI is InChI=1S/C21H25N5O5/c1-20(2,3)12-6-4-11(5-7-12)16(29)21(17(30)15(28)13(8-27)31-21)26-10-25-14-18(22)23-9-24-19(14)26/h4-7,9-10,13,15,17,27-28,30H,8H2,1-3H3,(H2,22,23,24)/t13-,15-,17-,21-/m1/s1. The summed E-state index contributed by atoms with van der Waals surface area (Å²) in [6, 6.07) is 6.94. The molecule has 0 unspecified atom stereocenters. The van der Waals surface area contributed by atoms with Crippen LogP contribution in [0.5, 0.6) is 0 Å². The Morgan fingerprint density at radius 3 is 2.45 bits per heavy atom. The first-order valence-corrected chi connectivity index (χ1v) is 9.85. The molecule has 164 valence electrons. The Labute approximate surface area is 178 Å². The van der Waals surface area contributed by atoms with Gasteiger partial charge in [0, 0.05) is 5.56 Å². The molecule has 2 aromatic heterocycles. The number of hydrogen-bond acceptors (Lipinski definition) is 9. The van der Waals surface area contributed by atoms with Gasteiger partial charge in [-0.05, 0) is 11.0 Å². The van der Waals surface area contributed by atoms with Crippen molar-refractivity contribution >= 4 is 22.8 Å². The zero-order valence-electron chi connectivity index (χ0n) is 17.4. The molecule has 10 heteroatoms. The normalized spacial score (nSPS) is 26.5. The second kappa shape index (κ2) is 7.34. The van der Waals surface area contributed by atoms with Crippen LogP contribution in [0.25, 0.3) is 11.2 Å². The van der Waals surface area contributed by atoms with E-state index in [2.05, 4.69) is 35.7 Å². The van der Waals surface area contributed by atoms with Crippen LogP contribution in [0.4, 0.5) is 5.82 Å². The summed E-state index contributed by atoms with van der Waals surface area (Å²) in [6.45, 7) is 5.57. The van der Waals surface area contributed by atoms with Crippen molar-refractivity contribution in [3.8, 4) is 0 Å². The molecule has 1 saturated heterocycles. The van der Waals surface area contributed by atoms with Gasteiger partial charge < -0.3 is 25.8 Å². The van der Waals surface area contributed by atoms with Crippen molar-refractivity contribution in [1.82, 2.24) is 19.5 Å². The van der Waals surface area contributed by atoms with Gasteiger partial charge in [0.05, 0.1) is 6.61 Å². The summed E-state index contributed by atoms with van der Waals surface area (Å²) in [5.74, 6) is -0.528. The van der Waals surface area contributed by atoms with Crippen LogP contribution < -0.4 is 5.73 Å². The number of carbonyl (C=O) groups is 1. The summed E-state index contributed by atoms with van der Waals surface area (Å²) in [5, 5.41) is 31.1. The van der Waals surface area contributed by atoms with Crippen molar-refractivity contribution in [3.63, 3.8) is 0 Å². The number of nitrogens with zero attached hydrogens (tertiary/aromatic N) is 4. The number of carbonyl (C=O) groups excluding carboxylic acids is 1. The van der Waals surface area contributed by atoms with Gasteiger partial charge in [0.1, 0.15) is 36.5 Å². The van der Waals surface area contributed by atoms with E-state index in [4.69, 9.17) is 10.5 Å². The van der Waals surface area contributed by atoms with Crippen molar-refractivity contribution < 1.29 is 24.9 Å². The minimum absolute atomic E-state index is 0.0904. The van der Waals surface area contributed by atoms with Crippen molar-refractivity contribution in [3.05, 3.63) is 48.0 Å². The molecule has 4 atom stereocenters. The lowest BCUT2D eigenvalue weighted by Crippen LogP contribution is -2.51. The van der Waals surface area contributed by atoms with E-state index < -0.39 is 36.4 Å². The van der Waals surface area contributed by atoms with Gasteiger partial charge in [-0.3, -0.25) is 9.36 Å². The van der Waals surface area contributed by atoms with Gasteiger partial charge in [0.25, 0.3) is 0 Å². The fourth-order valence-electron chi connectivity index (χ4n) is 3.87. The average molecular weight is 427 g/mol. The number of rotatable bonds is 4. The van der Waals surface area contributed by atoms with Crippen molar-refractivity contribution in [2.45, 2.75) is 50.2 Å². The van der Waals surface area contributed by atoms with Gasteiger partial charge in [0.2, 0.25) is 11.5 Å². The number of benzene rings is 1. The molecule has 4 rings (SSSR count). The number of anilines is 1. The minimum Gasteiger partial charge on any atom is -0.394 e. The van der Waals surface area contributed by atoms with Crippen LogP contribution in [0.2, 0.25) is 0 Å². The van der Waals surface area contributed by atoms with E-state index in [1.165, 1.54) is 17.2 Å². The predicted octanol–water partition coefficient (Wildman–Crippen LogP) is 0.355. The molecule has 1 fully saturated rings. The van der Waals surface area contributed by atoms with Crippen LogP contribution in [0.1, 0.15) is 36.7 Å². The maximum Gasteiger partial charge on any atom is 0.241 e. The highest BCUT2D eigenvalue weighted by atomic mass is 16.6. The minimum atomic E-state index is -2.11. The molecule has 0 bridgehead atoms. The molecule has 0 spiro atoms. The SMILES string of the molecule is CC(C)(C)c1ccc(C(=O)[C@@]2(n3cnc4c(N)ncnc43)O[C@H](CO)[C@@H](O)[C@H]2O)cc1. The number of fused-ring (bicyclic) bond motifs is 1. The quantitative estimate of drug-likeness (QED) is 0.431. The lowest BCUT2D eigenvalue weighted by molar-refractivity contribution is -0.113. The number of hydrogen-bond donors (Lipinski definition) is 4. The molecule has 3 aromatic rings. The summed E-state index contributed by atoms with van der Waals surface area (Å²) in [5.41, 5.74) is 5.29. The molecule has 3 heterocycles. The first-order valence-electron chi connectivity index (χ1n) is 9.85. The van der Waals surface area contributed by atoms with Crippen LogP contribution in [-0.2, 0) is 15.9 Å². The topological polar surface area (TPSA) is 157 Å². The molecule has 0 amide bonds. The van der Waals surface area contributed by atoms with Crippen molar-refractivity contribution in [2.75, 3.05) is 12.3 Å². The number of nitrogen functional groups attached to an aromatic ring is 1. The Hall–Kier alpha value is -2.92. The van der Waals surface area contributed by atoms with Gasteiger partial charge >= 0.3 is 0 Å². The number of ketones is 1. The number of imidazole rings is 1.